The van der Waals surface area contributed by atoms with Crippen molar-refractivity contribution in [1.29, 1.82) is 0 Å². The minimum absolute atomic E-state index is 0.0522. The topological polar surface area (TPSA) is 108 Å². The van der Waals surface area contributed by atoms with Gasteiger partial charge in [0.25, 0.3) is 0 Å². The molecule has 0 saturated carbocycles. The molecule has 8 heteroatoms. The first-order valence-electron chi connectivity index (χ1n) is 10.3. The highest BCUT2D eigenvalue weighted by Crippen LogP contribution is 2.25. The third kappa shape index (κ3) is 6.44. The molecule has 1 heterocycles. The Morgan fingerprint density at radius 2 is 1.81 bits per heavy atom. The van der Waals surface area contributed by atoms with Crippen LogP contribution in [-0.2, 0) is 9.53 Å². The molecule has 1 amide bonds. The predicted octanol–water partition coefficient (Wildman–Crippen LogP) is 2.27. The quantitative estimate of drug-likeness (QED) is 0.437. The summed E-state index contributed by atoms with van der Waals surface area (Å²) in [7, 11) is 1.33. The van der Waals surface area contributed by atoms with Crippen molar-refractivity contribution in [3.8, 4) is 11.5 Å². The average molecular weight is 428 g/mol. The number of piperidine rings is 1. The highest BCUT2D eigenvalue weighted by Gasteiger charge is 2.26. The van der Waals surface area contributed by atoms with Gasteiger partial charge < -0.3 is 29.9 Å². The van der Waals surface area contributed by atoms with Gasteiger partial charge in [0.15, 0.2) is 0 Å². The summed E-state index contributed by atoms with van der Waals surface area (Å²) in [4.78, 5) is 26.0. The zero-order chi connectivity index (χ0) is 22.2. The number of methoxy groups -OCH3 is 1. The number of aromatic hydroxyl groups is 1. The summed E-state index contributed by atoms with van der Waals surface area (Å²) >= 11 is 0. The molecule has 0 bridgehead atoms. The molecule has 166 valence electrons. The molecule has 0 radical (unpaired) electrons. The van der Waals surface area contributed by atoms with Crippen LogP contribution in [0.25, 0.3) is 0 Å². The van der Waals surface area contributed by atoms with Crippen LogP contribution in [0, 0.1) is 5.92 Å². The number of nitrogens with one attached hydrogen (secondary N) is 1. The van der Waals surface area contributed by atoms with Crippen molar-refractivity contribution in [2.75, 3.05) is 38.7 Å². The summed E-state index contributed by atoms with van der Waals surface area (Å²) in [5, 5.41) is 22.9. The third-order valence-electron chi connectivity index (χ3n) is 5.31. The van der Waals surface area contributed by atoms with Crippen molar-refractivity contribution in [3.63, 3.8) is 0 Å². The van der Waals surface area contributed by atoms with Gasteiger partial charge in [0.2, 0.25) is 5.91 Å². The van der Waals surface area contributed by atoms with Gasteiger partial charge >= 0.3 is 5.97 Å². The molecule has 1 aliphatic heterocycles. The lowest BCUT2D eigenvalue weighted by atomic mass is 9.95. The van der Waals surface area contributed by atoms with Crippen LogP contribution in [0.3, 0.4) is 0 Å². The summed E-state index contributed by atoms with van der Waals surface area (Å²) < 4.78 is 10.3. The van der Waals surface area contributed by atoms with Crippen LogP contribution in [0.1, 0.15) is 23.2 Å². The number of hydrogen-bond donors (Lipinski definition) is 3. The standard InChI is InChI=1S/C23H28N2O6/c1-30-23(29)17-6-8-19(9-7-17)31-15-18(26)14-25-12-10-16(11-13-25)22(28)24-20-4-2-3-5-21(20)27/h2-9,16,18,26-27H,10-15H2,1H3,(H,24,28). The number of nitrogens with zero attached hydrogens (tertiary/aromatic N) is 1. The van der Waals surface area contributed by atoms with Crippen LogP contribution in [0.5, 0.6) is 11.5 Å². The Balaban J connectivity index is 1.38. The number of anilines is 1. The normalized spacial score (nSPS) is 15.8. The van der Waals surface area contributed by atoms with Gasteiger partial charge in [-0.25, -0.2) is 4.79 Å². The van der Waals surface area contributed by atoms with Gasteiger partial charge in [-0.2, -0.15) is 0 Å². The summed E-state index contributed by atoms with van der Waals surface area (Å²) in [5.41, 5.74) is 0.854. The third-order valence-corrected chi connectivity index (χ3v) is 5.31. The number of amides is 1. The second-order valence-electron chi connectivity index (χ2n) is 7.56. The first kappa shape index (κ1) is 22.6. The van der Waals surface area contributed by atoms with Crippen LogP contribution >= 0.6 is 0 Å². The maximum Gasteiger partial charge on any atom is 0.337 e. The molecule has 1 fully saturated rings. The number of likely N-dealkylation sites (tertiary alicyclic amines) is 1. The number of β-amino-alcohol motifs (C(OH)–C–C–N with tert-alkyl or cyclic N) is 1. The van der Waals surface area contributed by atoms with Crippen molar-refractivity contribution in [1.82, 2.24) is 4.90 Å². The van der Waals surface area contributed by atoms with Crippen LogP contribution < -0.4 is 10.1 Å². The Kier molecular flexibility index (Phi) is 7.86. The molecule has 31 heavy (non-hydrogen) atoms. The van der Waals surface area contributed by atoms with Crippen LogP contribution in [0.4, 0.5) is 5.69 Å². The number of carbonyl (C=O) groups is 2. The Morgan fingerprint density at radius 3 is 2.45 bits per heavy atom. The molecular formula is C23H28N2O6. The first-order valence-corrected chi connectivity index (χ1v) is 10.3. The van der Waals surface area contributed by atoms with E-state index in [1.165, 1.54) is 13.2 Å². The Bertz CT molecular complexity index is 878. The van der Waals surface area contributed by atoms with E-state index in [2.05, 4.69) is 15.0 Å². The van der Waals surface area contributed by atoms with Gasteiger partial charge in [0.1, 0.15) is 24.2 Å². The largest absolute Gasteiger partial charge is 0.506 e. The molecule has 1 aliphatic rings. The fourth-order valence-corrected chi connectivity index (χ4v) is 3.54. The molecular weight excluding hydrogens is 400 g/mol. The van der Waals surface area contributed by atoms with E-state index in [1.54, 1.807) is 42.5 Å². The number of benzene rings is 2. The van der Waals surface area contributed by atoms with Crippen molar-refractivity contribution in [2.45, 2.75) is 18.9 Å². The Labute approximate surface area is 181 Å². The average Bonchev–Trinajstić information content (AvgIpc) is 2.79. The maximum atomic E-state index is 12.5. The van der Waals surface area contributed by atoms with Crippen molar-refractivity contribution >= 4 is 17.6 Å². The van der Waals surface area contributed by atoms with E-state index in [9.17, 15) is 19.8 Å². The highest BCUT2D eigenvalue weighted by atomic mass is 16.5. The molecule has 3 N–H and O–H groups in total. The number of aliphatic hydroxyl groups excluding tert-OH is 1. The van der Waals surface area contributed by atoms with E-state index >= 15 is 0 Å². The van der Waals surface area contributed by atoms with E-state index < -0.39 is 12.1 Å². The van der Waals surface area contributed by atoms with Gasteiger partial charge in [0.05, 0.1) is 18.4 Å². The predicted molar refractivity (Wildman–Crippen MR) is 115 cm³/mol. The molecule has 2 aromatic carbocycles. The maximum absolute atomic E-state index is 12.5. The fourth-order valence-electron chi connectivity index (χ4n) is 3.54. The number of rotatable bonds is 8. The number of phenolic OH excluding ortho intramolecular Hbond substituents is 1. The molecule has 8 nitrogen and oxygen atoms in total. The minimum Gasteiger partial charge on any atom is -0.506 e. The fraction of sp³-hybridized carbons (Fsp3) is 0.391. The van der Waals surface area contributed by atoms with Gasteiger partial charge in [0, 0.05) is 12.5 Å². The second-order valence-corrected chi connectivity index (χ2v) is 7.56. The Hall–Kier alpha value is -3.10. The monoisotopic (exact) mass is 428 g/mol. The van der Waals surface area contributed by atoms with Crippen LogP contribution in [0.15, 0.2) is 48.5 Å². The van der Waals surface area contributed by atoms with E-state index in [4.69, 9.17) is 4.74 Å². The van der Waals surface area contributed by atoms with E-state index in [0.29, 0.717) is 49.5 Å². The number of aliphatic hydroxyl groups is 1. The number of hydrogen-bond acceptors (Lipinski definition) is 7. The summed E-state index contributed by atoms with van der Waals surface area (Å²) in [6, 6.07) is 13.2. The van der Waals surface area contributed by atoms with Gasteiger partial charge in [-0.1, -0.05) is 12.1 Å². The van der Waals surface area contributed by atoms with Crippen molar-refractivity contribution < 1.29 is 29.3 Å². The number of para-hydroxylation sites is 2. The van der Waals surface area contributed by atoms with E-state index in [-0.39, 0.29) is 24.2 Å². The highest BCUT2D eigenvalue weighted by molar-refractivity contribution is 5.94. The molecule has 0 aromatic heterocycles. The van der Waals surface area contributed by atoms with Gasteiger partial charge in [-0.15, -0.1) is 0 Å². The lowest BCUT2D eigenvalue weighted by Gasteiger charge is -2.32. The number of ether oxygens (including phenoxy) is 2. The lowest BCUT2D eigenvalue weighted by Crippen LogP contribution is -2.42. The zero-order valence-electron chi connectivity index (χ0n) is 17.5. The second kappa shape index (κ2) is 10.8. The number of carbonyl (C=O) groups excluding carboxylic acids is 2. The summed E-state index contributed by atoms with van der Waals surface area (Å²) in [5.74, 6) is -0.0233. The summed E-state index contributed by atoms with van der Waals surface area (Å²) in [6.45, 7) is 1.98. The molecule has 1 atom stereocenters. The van der Waals surface area contributed by atoms with E-state index in [0.717, 1.165) is 0 Å². The molecule has 2 aromatic rings. The smallest absolute Gasteiger partial charge is 0.337 e. The van der Waals surface area contributed by atoms with Crippen LogP contribution in [0.2, 0.25) is 0 Å². The molecule has 3 rings (SSSR count). The van der Waals surface area contributed by atoms with Gasteiger partial charge in [-0.05, 0) is 62.3 Å². The zero-order valence-corrected chi connectivity index (χ0v) is 17.5. The number of phenols is 1. The lowest BCUT2D eigenvalue weighted by molar-refractivity contribution is -0.121. The number of esters is 1. The molecule has 0 aliphatic carbocycles. The molecule has 1 unspecified atom stereocenters. The van der Waals surface area contributed by atoms with Crippen LogP contribution in [-0.4, -0.2) is 66.4 Å². The van der Waals surface area contributed by atoms with Crippen molar-refractivity contribution in [3.05, 3.63) is 54.1 Å². The van der Waals surface area contributed by atoms with E-state index in [1.807, 2.05) is 0 Å². The van der Waals surface area contributed by atoms with Crippen molar-refractivity contribution in [2.24, 2.45) is 5.92 Å². The summed E-state index contributed by atoms with van der Waals surface area (Å²) in [6.07, 6.45) is 0.691. The molecule has 1 saturated heterocycles. The minimum atomic E-state index is -0.674. The Morgan fingerprint density at radius 1 is 1.13 bits per heavy atom. The molecule has 0 spiro atoms. The SMILES string of the molecule is COC(=O)c1ccc(OCC(O)CN2CCC(C(=O)Nc3ccccc3O)CC2)cc1. The first-order chi connectivity index (χ1) is 15.0. The van der Waals surface area contributed by atoms with Gasteiger partial charge in [-0.3, -0.25) is 4.79 Å².